The molecular formula is C18H29Cl2N3OS. The second-order valence-corrected chi connectivity index (χ2v) is 8.54. The molecule has 3 fully saturated rings. The van der Waals surface area contributed by atoms with Crippen LogP contribution in [0.1, 0.15) is 55.1 Å². The zero-order chi connectivity index (χ0) is 15.9. The minimum atomic E-state index is -0.0983. The van der Waals surface area contributed by atoms with Crippen LogP contribution in [0.15, 0.2) is 5.38 Å². The molecule has 3 heterocycles. The van der Waals surface area contributed by atoms with Crippen molar-refractivity contribution in [2.75, 3.05) is 26.2 Å². The minimum Gasteiger partial charge on any atom is -0.341 e. The van der Waals surface area contributed by atoms with E-state index in [1.807, 2.05) is 0 Å². The van der Waals surface area contributed by atoms with Gasteiger partial charge in [0.2, 0.25) is 5.91 Å². The highest BCUT2D eigenvalue weighted by Gasteiger charge is 2.51. The van der Waals surface area contributed by atoms with E-state index in [1.54, 1.807) is 11.3 Å². The fourth-order valence-electron chi connectivity index (χ4n) is 4.91. The molecule has 1 aromatic heterocycles. The molecule has 0 bridgehead atoms. The van der Waals surface area contributed by atoms with E-state index < -0.39 is 0 Å². The van der Waals surface area contributed by atoms with Crippen LogP contribution < -0.4 is 5.32 Å². The number of fused-ring (bicyclic) bond motifs is 1. The molecule has 2 aliphatic heterocycles. The number of aryl methyl sites for hydroxylation is 1. The smallest absolute Gasteiger partial charge is 0.230 e. The molecule has 1 saturated carbocycles. The molecule has 1 N–H and O–H groups in total. The molecule has 1 unspecified atom stereocenters. The third-order valence-corrected chi connectivity index (χ3v) is 7.28. The standard InChI is InChI=1S/C18H27N3OS.2ClH/c1-13-11-23-16(20-13)14-5-4-8-21(10-14)17(22)18-7-3-2-6-15(18)9-19-12-18;;/h11,14-15,19H,2-10,12H2,1H3;2*1H/t14?,15-,18+;;/m0../s1. The summed E-state index contributed by atoms with van der Waals surface area (Å²) < 4.78 is 0. The molecule has 0 spiro atoms. The van der Waals surface area contributed by atoms with Gasteiger partial charge in [-0.3, -0.25) is 4.79 Å². The van der Waals surface area contributed by atoms with Crippen molar-refractivity contribution in [1.29, 1.82) is 0 Å². The molecule has 4 nitrogen and oxygen atoms in total. The van der Waals surface area contributed by atoms with Crippen molar-refractivity contribution in [3.05, 3.63) is 16.1 Å². The SMILES string of the molecule is Cc1csc(C2CCCN(C(=O)[C@@]34CCCC[C@H]3CNC4)C2)n1.Cl.Cl. The third-order valence-electron chi connectivity index (χ3n) is 6.16. The lowest BCUT2D eigenvalue weighted by molar-refractivity contribution is -0.146. The second-order valence-electron chi connectivity index (χ2n) is 7.65. The molecule has 1 aliphatic carbocycles. The van der Waals surface area contributed by atoms with Crippen molar-refractivity contribution in [3.8, 4) is 0 Å². The summed E-state index contributed by atoms with van der Waals surface area (Å²) in [6.45, 7) is 5.80. The van der Waals surface area contributed by atoms with Gasteiger partial charge in [0, 0.05) is 36.6 Å². The maximum Gasteiger partial charge on any atom is 0.230 e. The Hall–Kier alpha value is -0.360. The van der Waals surface area contributed by atoms with Crippen molar-refractivity contribution in [2.24, 2.45) is 11.3 Å². The Kier molecular flexibility index (Phi) is 7.17. The monoisotopic (exact) mass is 405 g/mol. The minimum absolute atomic E-state index is 0. The Bertz CT molecular complexity index is 597. The summed E-state index contributed by atoms with van der Waals surface area (Å²) >= 11 is 1.76. The van der Waals surface area contributed by atoms with Gasteiger partial charge < -0.3 is 10.2 Å². The molecule has 7 heteroatoms. The van der Waals surface area contributed by atoms with E-state index in [0.717, 1.165) is 44.7 Å². The number of halogens is 2. The van der Waals surface area contributed by atoms with Gasteiger partial charge in [-0.05, 0) is 45.1 Å². The molecule has 0 radical (unpaired) electrons. The Morgan fingerprint density at radius 3 is 2.92 bits per heavy atom. The van der Waals surface area contributed by atoms with Crippen LogP contribution in [0.4, 0.5) is 0 Å². The number of nitrogens with one attached hydrogen (secondary N) is 1. The number of nitrogens with zero attached hydrogens (tertiary/aromatic N) is 2. The molecule has 4 rings (SSSR count). The lowest BCUT2D eigenvalue weighted by atomic mass is 9.67. The summed E-state index contributed by atoms with van der Waals surface area (Å²) in [5, 5.41) is 6.87. The van der Waals surface area contributed by atoms with Crippen molar-refractivity contribution < 1.29 is 4.79 Å². The first-order valence-electron chi connectivity index (χ1n) is 9.11. The highest BCUT2D eigenvalue weighted by Crippen LogP contribution is 2.46. The van der Waals surface area contributed by atoms with Gasteiger partial charge in [-0.15, -0.1) is 36.2 Å². The van der Waals surface area contributed by atoms with Gasteiger partial charge in [0.25, 0.3) is 0 Å². The maximum atomic E-state index is 13.4. The lowest BCUT2D eigenvalue weighted by Gasteiger charge is -2.43. The quantitative estimate of drug-likeness (QED) is 0.813. The summed E-state index contributed by atoms with van der Waals surface area (Å²) in [7, 11) is 0. The highest BCUT2D eigenvalue weighted by molar-refractivity contribution is 7.09. The van der Waals surface area contributed by atoms with Crippen molar-refractivity contribution in [3.63, 3.8) is 0 Å². The van der Waals surface area contributed by atoms with E-state index in [1.165, 1.54) is 30.7 Å². The van der Waals surface area contributed by atoms with Crippen LogP contribution in [-0.2, 0) is 4.79 Å². The van der Waals surface area contributed by atoms with Gasteiger partial charge in [0.15, 0.2) is 0 Å². The van der Waals surface area contributed by atoms with Crippen LogP contribution in [0.5, 0.6) is 0 Å². The number of hydrogen-bond acceptors (Lipinski definition) is 4. The zero-order valence-electron chi connectivity index (χ0n) is 14.8. The third kappa shape index (κ3) is 3.85. The van der Waals surface area contributed by atoms with Crippen molar-refractivity contribution >= 4 is 42.1 Å². The predicted molar refractivity (Wildman–Crippen MR) is 107 cm³/mol. The number of carbonyl (C=O) groups is 1. The molecule has 3 atom stereocenters. The predicted octanol–water partition coefficient (Wildman–Crippen LogP) is 3.78. The van der Waals surface area contributed by atoms with E-state index in [0.29, 0.717) is 17.7 Å². The van der Waals surface area contributed by atoms with Gasteiger partial charge in [0.05, 0.1) is 10.4 Å². The maximum absolute atomic E-state index is 13.4. The van der Waals surface area contributed by atoms with E-state index in [2.05, 4.69) is 27.5 Å². The number of hydrogen-bond donors (Lipinski definition) is 1. The van der Waals surface area contributed by atoms with Crippen LogP contribution in [0, 0.1) is 18.3 Å². The Morgan fingerprint density at radius 2 is 2.16 bits per heavy atom. The first kappa shape index (κ1) is 20.9. The zero-order valence-corrected chi connectivity index (χ0v) is 17.3. The highest BCUT2D eigenvalue weighted by atomic mass is 35.5. The van der Waals surface area contributed by atoms with Crippen LogP contribution in [0.3, 0.4) is 0 Å². The number of amides is 1. The van der Waals surface area contributed by atoms with E-state index in [4.69, 9.17) is 0 Å². The summed E-state index contributed by atoms with van der Waals surface area (Å²) in [6.07, 6.45) is 7.10. The van der Waals surface area contributed by atoms with E-state index in [9.17, 15) is 4.79 Å². The molecule has 3 aliphatic rings. The molecule has 1 amide bonds. The van der Waals surface area contributed by atoms with Crippen molar-refractivity contribution in [1.82, 2.24) is 15.2 Å². The Labute approximate surface area is 167 Å². The van der Waals surface area contributed by atoms with Gasteiger partial charge in [0.1, 0.15) is 0 Å². The van der Waals surface area contributed by atoms with E-state index in [-0.39, 0.29) is 30.2 Å². The number of thiazole rings is 1. The lowest BCUT2D eigenvalue weighted by Crippen LogP contribution is -2.52. The first-order valence-corrected chi connectivity index (χ1v) is 9.99. The molecule has 1 aromatic rings. The average Bonchev–Trinajstić information content (AvgIpc) is 3.21. The van der Waals surface area contributed by atoms with Gasteiger partial charge in [-0.25, -0.2) is 4.98 Å². The molecule has 0 aromatic carbocycles. The topological polar surface area (TPSA) is 45.2 Å². The van der Waals surface area contributed by atoms with Crippen molar-refractivity contribution in [2.45, 2.75) is 51.4 Å². The molecule has 142 valence electrons. The largest absolute Gasteiger partial charge is 0.341 e. The summed E-state index contributed by atoms with van der Waals surface area (Å²) in [5.41, 5.74) is 1.01. The Morgan fingerprint density at radius 1 is 1.32 bits per heavy atom. The van der Waals surface area contributed by atoms with E-state index >= 15 is 0 Å². The fourth-order valence-corrected chi connectivity index (χ4v) is 5.83. The van der Waals surface area contributed by atoms with Crippen LogP contribution in [0.25, 0.3) is 0 Å². The molecule has 2 saturated heterocycles. The number of carbonyl (C=O) groups excluding carboxylic acids is 1. The molecular weight excluding hydrogens is 377 g/mol. The second kappa shape index (κ2) is 8.55. The van der Waals surface area contributed by atoms with Gasteiger partial charge in [-0.1, -0.05) is 12.8 Å². The Balaban J connectivity index is 0.00000113. The van der Waals surface area contributed by atoms with Crippen LogP contribution in [0.2, 0.25) is 0 Å². The summed E-state index contributed by atoms with van der Waals surface area (Å²) in [5.74, 6) is 1.44. The normalized spacial score (nSPS) is 31.6. The summed E-state index contributed by atoms with van der Waals surface area (Å²) in [6, 6.07) is 0. The van der Waals surface area contributed by atoms with Gasteiger partial charge >= 0.3 is 0 Å². The summed E-state index contributed by atoms with van der Waals surface area (Å²) in [4.78, 5) is 20.3. The number of aromatic nitrogens is 1. The molecule has 25 heavy (non-hydrogen) atoms. The van der Waals surface area contributed by atoms with Crippen LogP contribution in [-0.4, -0.2) is 42.0 Å². The van der Waals surface area contributed by atoms with Gasteiger partial charge in [-0.2, -0.15) is 0 Å². The number of piperidine rings is 1. The number of rotatable bonds is 2. The first-order chi connectivity index (χ1) is 11.2. The number of likely N-dealkylation sites (tertiary alicyclic amines) is 1. The fraction of sp³-hybridized carbons (Fsp3) is 0.778. The average molecular weight is 406 g/mol. The van der Waals surface area contributed by atoms with Crippen LogP contribution >= 0.6 is 36.2 Å².